The summed E-state index contributed by atoms with van der Waals surface area (Å²) >= 11 is 0. The molecule has 0 spiro atoms. The molecule has 2 amide bonds. The van der Waals surface area contributed by atoms with E-state index in [2.05, 4.69) is 0 Å². The van der Waals surface area contributed by atoms with Crippen LogP contribution in [0.25, 0.3) is 0 Å². The van der Waals surface area contributed by atoms with Crippen molar-refractivity contribution >= 4 is 11.8 Å². The molecular weight excluding hydrogens is 290 g/mol. The average Bonchev–Trinajstić information content (AvgIpc) is 3.12. The number of rotatable bonds is 3. The highest BCUT2D eigenvalue weighted by atomic mass is 16.2. The summed E-state index contributed by atoms with van der Waals surface area (Å²) in [4.78, 5) is 29.1. The second kappa shape index (κ2) is 7.65. The molecule has 1 saturated heterocycles. The van der Waals surface area contributed by atoms with Crippen LogP contribution in [0.4, 0.5) is 0 Å². The van der Waals surface area contributed by atoms with Crippen molar-refractivity contribution in [1.29, 1.82) is 0 Å². The van der Waals surface area contributed by atoms with Crippen LogP contribution < -0.4 is 5.73 Å². The van der Waals surface area contributed by atoms with E-state index in [1.807, 2.05) is 9.80 Å². The highest BCUT2D eigenvalue weighted by molar-refractivity contribution is 5.80. The van der Waals surface area contributed by atoms with E-state index in [1.54, 1.807) is 0 Å². The lowest BCUT2D eigenvalue weighted by Gasteiger charge is -2.25. The molecule has 23 heavy (non-hydrogen) atoms. The van der Waals surface area contributed by atoms with Crippen LogP contribution in [-0.2, 0) is 9.59 Å². The summed E-state index contributed by atoms with van der Waals surface area (Å²) < 4.78 is 0. The van der Waals surface area contributed by atoms with Crippen LogP contribution in [-0.4, -0.2) is 53.8 Å². The SMILES string of the molecule is NC1CCC(C(=O)N2CCCN(C(=O)CC3CCCC3)CC2)C1. The Morgan fingerprint density at radius 2 is 1.57 bits per heavy atom. The van der Waals surface area contributed by atoms with E-state index >= 15 is 0 Å². The molecule has 1 heterocycles. The van der Waals surface area contributed by atoms with E-state index in [0.29, 0.717) is 31.3 Å². The van der Waals surface area contributed by atoms with Crippen LogP contribution in [0.3, 0.4) is 0 Å². The number of hydrogen-bond donors (Lipinski definition) is 1. The van der Waals surface area contributed by atoms with Crippen LogP contribution in [0, 0.1) is 11.8 Å². The first-order chi connectivity index (χ1) is 11.1. The van der Waals surface area contributed by atoms with E-state index in [1.165, 1.54) is 25.7 Å². The summed E-state index contributed by atoms with van der Waals surface area (Å²) in [7, 11) is 0. The minimum absolute atomic E-state index is 0.116. The Morgan fingerprint density at radius 3 is 2.26 bits per heavy atom. The van der Waals surface area contributed by atoms with Gasteiger partial charge in [0.1, 0.15) is 0 Å². The first kappa shape index (κ1) is 16.7. The van der Waals surface area contributed by atoms with Crippen molar-refractivity contribution in [2.45, 2.75) is 63.8 Å². The Morgan fingerprint density at radius 1 is 0.870 bits per heavy atom. The molecule has 2 aliphatic carbocycles. The molecule has 0 aromatic rings. The van der Waals surface area contributed by atoms with Crippen LogP contribution >= 0.6 is 0 Å². The zero-order valence-electron chi connectivity index (χ0n) is 14.2. The van der Waals surface area contributed by atoms with Gasteiger partial charge in [-0.25, -0.2) is 0 Å². The summed E-state index contributed by atoms with van der Waals surface area (Å²) in [6.07, 6.45) is 9.34. The first-order valence-electron chi connectivity index (χ1n) is 9.45. The van der Waals surface area contributed by atoms with Gasteiger partial charge in [0, 0.05) is 44.6 Å². The lowest BCUT2D eigenvalue weighted by Crippen LogP contribution is -2.40. The molecular formula is C18H31N3O2. The Labute approximate surface area is 139 Å². The van der Waals surface area contributed by atoms with E-state index in [9.17, 15) is 9.59 Å². The maximum Gasteiger partial charge on any atom is 0.225 e. The van der Waals surface area contributed by atoms with Crippen LogP contribution in [0.1, 0.15) is 57.8 Å². The monoisotopic (exact) mass is 321 g/mol. The lowest BCUT2D eigenvalue weighted by atomic mass is 10.0. The number of carbonyl (C=O) groups is 2. The van der Waals surface area contributed by atoms with Gasteiger partial charge >= 0.3 is 0 Å². The molecule has 2 atom stereocenters. The van der Waals surface area contributed by atoms with Gasteiger partial charge in [-0.05, 0) is 44.4 Å². The van der Waals surface area contributed by atoms with Crippen molar-refractivity contribution in [1.82, 2.24) is 9.80 Å². The molecule has 2 saturated carbocycles. The largest absolute Gasteiger partial charge is 0.341 e. The molecule has 2 N–H and O–H groups in total. The molecule has 0 aromatic heterocycles. The van der Waals surface area contributed by atoms with E-state index in [0.717, 1.165) is 38.8 Å². The maximum atomic E-state index is 12.6. The normalized spacial score (nSPS) is 29.8. The van der Waals surface area contributed by atoms with Gasteiger partial charge in [0.2, 0.25) is 11.8 Å². The van der Waals surface area contributed by atoms with Crippen LogP contribution in [0.15, 0.2) is 0 Å². The minimum atomic E-state index is 0.116. The molecule has 1 aliphatic heterocycles. The smallest absolute Gasteiger partial charge is 0.225 e. The second-order valence-electron chi connectivity index (χ2n) is 7.68. The second-order valence-corrected chi connectivity index (χ2v) is 7.68. The molecule has 0 radical (unpaired) electrons. The van der Waals surface area contributed by atoms with Gasteiger partial charge in [0.05, 0.1) is 0 Å². The van der Waals surface area contributed by atoms with Crippen molar-refractivity contribution in [3.05, 3.63) is 0 Å². The lowest BCUT2D eigenvalue weighted by molar-refractivity contribution is -0.136. The van der Waals surface area contributed by atoms with Gasteiger partial charge in [0.15, 0.2) is 0 Å². The van der Waals surface area contributed by atoms with Gasteiger partial charge in [0.25, 0.3) is 0 Å². The summed E-state index contributed by atoms with van der Waals surface area (Å²) in [5, 5.41) is 0. The predicted octanol–water partition coefficient (Wildman–Crippen LogP) is 1.75. The minimum Gasteiger partial charge on any atom is -0.341 e. The van der Waals surface area contributed by atoms with Crippen LogP contribution in [0.2, 0.25) is 0 Å². The van der Waals surface area contributed by atoms with Crippen molar-refractivity contribution < 1.29 is 9.59 Å². The molecule has 0 aromatic carbocycles. The summed E-state index contributed by atoms with van der Waals surface area (Å²) in [6, 6.07) is 0.195. The average molecular weight is 321 g/mol. The topological polar surface area (TPSA) is 66.6 Å². The molecule has 5 heteroatoms. The number of nitrogens with two attached hydrogens (primary N) is 1. The summed E-state index contributed by atoms with van der Waals surface area (Å²) in [5.74, 6) is 1.28. The molecule has 3 aliphatic rings. The van der Waals surface area contributed by atoms with Gasteiger partial charge < -0.3 is 15.5 Å². The van der Waals surface area contributed by atoms with Gasteiger partial charge in [-0.1, -0.05) is 12.8 Å². The molecule has 3 rings (SSSR count). The van der Waals surface area contributed by atoms with E-state index < -0.39 is 0 Å². The molecule has 2 unspecified atom stereocenters. The van der Waals surface area contributed by atoms with Crippen molar-refractivity contribution in [2.75, 3.05) is 26.2 Å². The fraction of sp³-hybridized carbons (Fsp3) is 0.889. The fourth-order valence-corrected chi connectivity index (χ4v) is 4.48. The third-order valence-corrected chi connectivity index (χ3v) is 5.92. The summed E-state index contributed by atoms with van der Waals surface area (Å²) in [5.41, 5.74) is 5.94. The third kappa shape index (κ3) is 4.25. The Bertz CT molecular complexity index is 434. The maximum absolute atomic E-state index is 12.6. The molecule has 0 bridgehead atoms. The number of amides is 2. The quantitative estimate of drug-likeness (QED) is 0.861. The highest BCUT2D eigenvalue weighted by Crippen LogP contribution is 2.29. The van der Waals surface area contributed by atoms with Gasteiger partial charge in [-0.2, -0.15) is 0 Å². The Kier molecular flexibility index (Phi) is 5.57. The van der Waals surface area contributed by atoms with E-state index in [4.69, 9.17) is 5.73 Å². The Balaban J connectivity index is 1.48. The zero-order valence-corrected chi connectivity index (χ0v) is 14.2. The highest BCUT2D eigenvalue weighted by Gasteiger charge is 2.32. The van der Waals surface area contributed by atoms with Crippen molar-refractivity contribution in [3.8, 4) is 0 Å². The van der Waals surface area contributed by atoms with Crippen molar-refractivity contribution in [3.63, 3.8) is 0 Å². The predicted molar refractivity (Wildman–Crippen MR) is 89.7 cm³/mol. The van der Waals surface area contributed by atoms with Crippen molar-refractivity contribution in [2.24, 2.45) is 17.6 Å². The summed E-state index contributed by atoms with van der Waals surface area (Å²) in [6.45, 7) is 2.99. The van der Waals surface area contributed by atoms with Crippen LogP contribution in [0.5, 0.6) is 0 Å². The number of carbonyl (C=O) groups excluding carboxylic acids is 2. The fourth-order valence-electron chi connectivity index (χ4n) is 4.48. The van der Waals surface area contributed by atoms with E-state index in [-0.39, 0.29) is 17.9 Å². The standard InChI is InChI=1S/C18H31N3O2/c19-16-7-6-15(13-16)18(23)21-9-3-8-20(10-11-21)17(22)12-14-4-1-2-5-14/h14-16H,1-13,19H2. The number of hydrogen-bond acceptors (Lipinski definition) is 3. The molecule has 3 fully saturated rings. The zero-order chi connectivity index (χ0) is 16.2. The number of nitrogens with zero attached hydrogens (tertiary/aromatic N) is 2. The molecule has 5 nitrogen and oxygen atoms in total. The van der Waals surface area contributed by atoms with Gasteiger partial charge in [-0.15, -0.1) is 0 Å². The molecule has 130 valence electrons. The van der Waals surface area contributed by atoms with Gasteiger partial charge in [-0.3, -0.25) is 9.59 Å². The Hall–Kier alpha value is -1.10. The first-order valence-corrected chi connectivity index (χ1v) is 9.45. The third-order valence-electron chi connectivity index (χ3n) is 5.92.